The van der Waals surface area contributed by atoms with Crippen molar-refractivity contribution in [1.82, 2.24) is 4.90 Å². The van der Waals surface area contributed by atoms with E-state index in [4.69, 9.17) is 15.2 Å². The first-order valence-electron chi connectivity index (χ1n) is 6.93. The average Bonchev–Trinajstić information content (AvgIpc) is 2.38. The molecule has 1 rings (SSSR count). The molecule has 1 heterocycles. The third-order valence-corrected chi connectivity index (χ3v) is 3.28. The molecule has 1 aliphatic rings. The number of piperidine rings is 1. The zero-order valence-electron chi connectivity index (χ0n) is 11.6. The molecule has 5 nitrogen and oxygen atoms in total. The lowest BCUT2D eigenvalue weighted by Crippen LogP contribution is -2.41. The van der Waals surface area contributed by atoms with Crippen LogP contribution in [0.15, 0.2) is 0 Å². The van der Waals surface area contributed by atoms with Gasteiger partial charge >= 0.3 is 5.97 Å². The first kappa shape index (κ1) is 15.4. The highest BCUT2D eigenvalue weighted by Gasteiger charge is 2.21. The number of nitrogens with zero attached hydrogens (tertiary/aromatic N) is 1. The van der Waals surface area contributed by atoms with Crippen LogP contribution in [0, 0.1) is 0 Å². The van der Waals surface area contributed by atoms with Gasteiger partial charge in [0, 0.05) is 26.2 Å². The fourth-order valence-electron chi connectivity index (χ4n) is 2.22. The van der Waals surface area contributed by atoms with Crippen molar-refractivity contribution >= 4 is 5.97 Å². The molecule has 0 aromatic heterocycles. The van der Waals surface area contributed by atoms with Crippen molar-refractivity contribution < 1.29 is 14.3 Å². The van der Waals surface area contributed by atoms with E-state index in [0.29, 0.717) is 19.1 Å². The minimum Gasteiger partial charge on any atom is -0.465 e. The van der Waals surface area contributed by atoms with Crippen LogP contribution in [-0.4, -0.2) is 55.9 Å². The van der Waals surface area contributed by atoms with Crippen LogP contribution in [0.4, 0.5) is 0 Å². The summed E-state index contributed by atoms with van der Waals surface area (Å²) in [5, 5.41) is 0. The van der Waals surface area contributed by atoms with E-state index in [0.717, 1.165) is 39.1 Å². The van der Waals surface area contributed by atoms with Crippen molar-refractivity contribution in [3.63, 3.8) is 0 Å². The van der Waals surface area contributed by atoms with E-state index in [1.165, 1.54) is 0 Å². The van der Waals surface area contributed by atoms with Crippen LogP contribution in [-0.2, 0) is 14.3 Å². The Hall–Kier alpha value is -0.650. The van der Waals surface area contributed by atoms with Crippen LogP contribution in [0.2, 0.25) is 0 Å². The molecule has 0 aromatic carbocycles. The van der Waals surface area contributed by atoms with Gasteiger partial charge in [-0.2, -0.15) is 0 Å². The van der Waals surface area contributed by atoms with Crippen molar-refractivity contribution in [2.75, 3.05) is 32.8 Å². The Balaban J connectivity index is 2.15. The van der Waals surface area contributed by atoms with Crippen LogP contribution in [0.5, 0.6) is 0 Å². The van der Waals surface area contributed by atoms with Gasteiger partial charge in [0.2, 0.25) is 0 Å². The van der Waals surface area contributed by atoms with Crippen LogP contribution in [0.1, 0.15) is 33.1 Å². The highest BCUT2D eigenvalue weighted by molar-refractivity contribution is 5.75. The molecule has 18 heavy (non-hydrogen) atoms. The van der Waals surface area contributed by atoms with Gasteiger partial charge in [-0.25, -0.2) is 0 Å². The smallest absolute Gasteiger partial charge is 0.322 e. The number of ether oxygens (including phenoxy) is 2. The minimum atomic E-state index is -0.491. The SMILES string of the molecule is CCOC(=O)C(N)CCN1CCC(OCC)CC1. The second-order valence-corrected chi connectivity index (χ2v) is 4.64. The third kappa shape index (κ3) is 5.33. The maximum absolute atomic E-state index is 11.4. The molecule has 0 aromatic rings. The Kier molecular flexibility index (Phi) is 7.23. The Morgan fingerprint density at radius 2 is 2.00 bits per heavy atom. The molecule has 0 aliphatic carbocycles. The van der Waals surface area contributed by atoms with Gasteiger partial charge in [0.1, 0.15) is 6.04 Å². The minimum absolute atomic E-state index is 0.290. The summed E-state index contributed by atoms with van der Waals surface area (Å²) in [6, 6.07) is -0.491. The monoisotopic (exact) mass is 258 g/mol. The molecule has 0 spiro atoms. The van der Waals surface area contributed by atoms with Crippen LogP contribution in [0.25, 0.3) is 0 Å². The van der Waals surface area contributed by atoms with Crippen molar-refractivity contribution in [2.24, 2.45) is 5.73 Å². The average molecular weight is 258 g/mol. The van der Waals surface area contributed by atoms with Gasteiger partial charge < -0.3 is 20.1 Å². The number of likely N-dealkylation sites (tertiary alicyclic amines) is 1. The second kappa shape index (κ2) is 8.45. The van der Waals surface area contributed by atoms with Crippen LogP contribution >= 0.6 is 0 Å². The van der Waals surface area contributed by atoms with E-state index in [1.54, 1.807) is 6.92 Å². The first-order valence-corrected chi connectivity index (χ1v) is 6.93. The Bertz CT molecular complexity index is 240. The molecule has 0 bridgehead atoms. The fourth-order valence-corrected chi connectivity index (χ4v) is 2.22. The van der Waals surface area contributed by atoms with Gasteiger partial charge in [0.05, 0.1) is 12.7 Å². The lowest BCUT2D eigenvalue weighted by molar-refractivity contribution is -0.144. The third-order valence-electron chi connectivity index (χ3n) is 3.28. The predicted octanol–water partition coefficient (Wildman–Crippen LogP) is 0.768. The highest BCUT2D eigenvalue weighted by atomic mass is 16.5. The van der Waals surface area contributed by atoms with Gasteiger partial charge in [-0.05, 0) is 33.1 Å². The number of nitrogens with two attached hydrogens (primary N) is 1. The van der Waals surface area contributed by atoms with Crippen molar-refractivity contribution in [3.05, 3.63) is 0 Å². The summed E-state index contributed by atoms with van der Waals surface area (Å²) in [7, 11) is 0. The molecule has 1 fully saturated rings. The van der Waals surface area contributed by atoms with Crippen molar-refractivity contribution in [1.29, 1.82) is 0 Å². The van der Waals surface area contributed by atoms with E-state index >= 15 is 0 Å². The number of hydrogen-bond donors (Lipinski definition) is 1. The van der Waals surface area contributed by atoms with E-state index in [2.05, 4.69) is 4.90 Å². The van der Waals surface area contributed by atoms with Gasteiger partial charge in [-0.1, -0.05) is 0 Å². The zero-order chi connectivity index (χ0) is 13.4. The van der Waals surface area contributed by atoms with Gasteiger partial charge in [0.15, 0.2) is 0 Å². The summed E-state index contributed by atoms with van der Waals surface area (Å²) in [6.07, 6.45) is 3.22. The normalized spacial score (nSPS) is 19.7. The topological polar surface area (TPSA) is 64.8 Å². The Morgan fingerprint density at radius 3 is 2.56 bits per heavy atom. The molecule has 1 atom stereocenters. The highest BCUT2D eigenvalue weighted by Crippen LogP contribution is 2.14. The quantitative estimate of drug-likeness (QED) is 0.683. The molecular formula is C13H26N2O3. The standard InChI is InChI=1S/C13H26N2O3/c1-3-17-11-5-8-15(9-6-11)10-7-12(14)13(16)18-4-2/h11-12H,3-10,14H2,1-2H3. The molecular weight excluding hydrogens is 232 g/mol. The molecule has 106 valence electrons. The van der Waals surface area contributed by atoms with E-state index in [1.807, 2.05) is 6.92 Å². The largest absolute Gasteiger partial charge is 0.465 e. The Labute approximate surface area is 110 Å². The number of carbonyl (C=O) groups excluding carboxylic acids is 1. The first-order chi connectivity index (χ1) is 8.67. The zero-order valence-corrected chi connectivity index (χ0v) is 11.6. The van der Waals surface area contributed by atoms with Crippen molar-refractivity contribution in [2.45, 2.75) is 45.3 Å². The summed E-state index contributed by atoms with van der Waals surface area (Å²) in [4.78, 5) is 13.7. The summed E-state index contributed by atoms with van der Waals surface area (Å²) in [6.45, 7) is 7.93. The van der Waals surface area contributed by atoms with Gasteiger partial charge in [-0.15, -0.1) is 0 Å². The summed E-state index contributed by atoms with van der Waals surface area (Å²) in [5.41, 5.74) is 5.77. The van der Waals surface area contributed by atoms with Gasteiger partial charge in [0.25, 0.3) is 0 Å². The molecule has 5 heteroatoms. The molecule has 0 radical (unpaired) electrons. The maximum atomic E-state index is 11.4. The summed E-state index contributed by atoms with van der Waals surface area (Å²) < 4.78 is 10.5. The number of hydrogen-bond acceptors (Lipinski definition) is 5. The number of rotatable bonds is 7. The van der Waals surface area contributed by atoms with Crippen LogP contribution in [0.3, 0.4) is 0 Å². The number of carbonyl (C=O) groups is 1. The second-order valence-electron chi connectivity index (χ2n) is 4.64. The van der Waals surface area contributed by atoms with E-state index in [9.17, 15) is 4.79 Å². The maximum Gasteiger partial charge on any atom is 0.322 e. The summed E-state index contributed by atoms with van der Waals surface area (Å²) >= 11 is 0. The molecule has 0 amide bonds. The molecule has 0 saturated carbocycles. The summed E-state index contributed by atoms with van der Waals surface area (Å²) in [5.74, 6) is -0.290. The lowest BCUT2D eigenvalue weighted by atomic mass is 10.1. The molecule has 1 saturated heterocycles. The Morgan fingerprint density at radius 1 is 1.33 bits per heavy atom. The van der Waals surface area contributed by atoms with E-state index < -0.39 is 6.04 Å². The van der Waals surface area contributed by atoms with Crippen molar-refractivity contribution in [3.8, 4) is 0 Å². The molecule has 2 N–H and O–H groups in total. The molecule has 1 aliphatic heterocycles. The van der Waals surface area contributed by atoms with E-state index in [-0.39, 0.29) is 5.97 Å². The predicted molar refractivity (Wildman–Crippen MR) is 70.3 cm³/mol. The molecule has 1 unspecified atom stereocenters. The fraction of sp³-hybridized carbons (Fsp3) is 0.923. The lowest BCUT2D eigenvalue weighted by Gasteiger charge is -2.32. The van der Waals surface area contributed by atoms with Gasteiger partial charge in [-0.3, -0.25) is 4.79 Å². The number of esters is 1. The van der Waals surface area contributed by atoms with Crippen LogP contribution < -0.4 is 5.73 Å².